The van der Waals surface area contributed by atoms with Crippen molar-refractivity contribution in [3.05, 3.63) is 27.2 Å². The average Bonchev–Trinajstić information content (AvgIpc) is 2.49. The number of hydrogen-bond donors (Lipinski definition) is 3. The number of rotatable bonds is 9. The fraction of sp³-hybridized carbons (Fsp3) is 0.500. The van der Waals surface area contributed by atoms with Crippen LogP contribution in [0.2, 0.25) is 15.1 Å². The van der Waals surface area contributed by atoms with E-state index in [0.717, 1.165) is 6.26 Å². The lowest BCUT2D eigenvalue weighted by Crippen LogP contribution is -2.40. The molecule has 0 fully saturated rings. The number of halogens is 3. The molecule has 0 saturated carbocycles. The van der Waals surface area contributed by atoms with Crippen molar-refractivity contribution < 1.29 is 13.2 Å². The first-order valence-electron chi connectivity index (χ1n) is 7.39. The topological polar surface area (TPSA) is 91.8 Å². The highest BCUT2D eigenvalue weighted by molar-refractivity contribution is 7.88. The van der Waals surface area contributed by atoms with Crippen molar-refractivity contribution in [2.45, 2.75) is 6.42 Å². The Labute approximate surface area is 163 Å². The lowest BCUT2D eigenvalue weighted by Gasteiger charge is -2.14. The van der Waals surface area contributed by atoms with Gasteiger partial charge in [-0.15, -0.1) is 0 Å². The van der Waals surface area contributed by atoms with Gasteiger partial charge in [0.1, 0.15) is 6.61 Å². The first-order chi connectivity index (χ1) is 11.7. The van der Waals surface area contributed by atoms with Gasteiger partial charge in [-0.3, -0.25) is 4.99 Å². The van der Waals surface area contributed by atoms with Crippen LogP contribution in [0.5, 0.6) is 5.75 Å². The summed E-state index contributed by atoms with van der Waals surface area (Å²) in [6.45, 7) is 1.71. The highest BCUT2D eigenvalue weighted by Gasteiger charge is 2.09. The Morgan fingerprint density at radius 1 is 1.12 bits per heavy atom. The summed E-state index contributed by atoms with van der Waals surface area (Å²) in [5.41, 5.74) is 0. The first kappa shape index (κ1) is 22.1. The highest BCUT2D eigenvalue weighted by atomic mass is 35.5. The maximum atomic E-state index is 10.9. The predicted octanol–water partition coefficient (Wildman–Crippen LogP) is 2.13. The second kappa shape index (κ2) is 10.9. The second-order valence-electron chi connectivity index (χ2n) is 4.99. The van der Waals surface area contributed by atoms with Crippen molar-refractivity contribution in [1.29, 1.82) is 0 Å². The number of hydrogen-bond acceptors (Lipinski definition) is 4. The molecule has 142 valence electrons. The molecule has 11 heteroatoms. The van der Waals surface area contributed by atoms with Gasteiger partial charge in [0.15, 0.2) is 11.7 Å². The third kappa shape index (κ3) is 9.37. The molecule has 1 rings (SSSR count). The Kier molecular flexibility index (Phi) is 9.66. The summed E-state index contributed by atoms with van der Waals surface area (Å²) >= 11 is 17.9. The monoisotopic (exact) mass is 430 g/mol. The van der Waals surface area contributed by atoms with Crippen LogP contribution >= 0.6 is 34.8 Å². The van der Waals surface area contributed by atoms with Crippen LogP contribution in [0.3, 0.4) is 0 Å². The minimum atomic E-state index is -3.15. The summed E-state index contributed by atoms with van der Waals surface area (Å²) in [7, 11) is -1.52. The number of nitrogens with zero attached hydrogens (tertiary/aromatic N) is 1. The van der Waals surface area contributed by atoms with E-state index < -0.39 is 10.0 Å². The van der Waals surface area contributed by atoms with E-state index in [1.54, 1.807) is 19.2 Å². The Balaban J connectivity index is 2.28. The molecule has 0 radical (unpaired) electrons. The van der Waals surface area contributed by atoms with Gasteiger partial charge in [-0.1, -0.05) is 34.8 Å². The highest BCUT2D eigenvalue weighted by Crippen LogP contribution is 2.35. The molecule has 3 N–H and O–H groups in total. The molecule has 25 heavy (non-hydrogen) atoms. The van der Waals surface area contributed by atoms with Crippen LogP contribution < -0.4 is 20.1 Å². The van der Waals surface area contributed by atoms with Gasteiger partial charge in [0.25, 0.3) is 0 Å². The zero-order chi connectivity index (χ0) is 18.9. The smallest absolute Gasteiger partial charge is 0.208 e. The molecule has 0 amide bonds. The van der Waals surface area contributed by atoms with Gasteiger partial charge in [0.05, 0.1) is 22.8 Å². The van der Waals surface area contributed by atoms with Crippen molar-refractivity contribution >= 4 is 50.8 Å². The van der Waals surface area contributed by atoms with E-state index in [4.69, 9.17) is 39.5 Å². The minimum absolute atomic E-state index is 0.317. The number of ether oxygens (including phenoxy) is 1. The van der Waals surface area contributed by atoms with Crippen LogP contribution in [-0.2, 0) is 10.0 Å². The molecule has 0 heterocycles. The van der Waals surface area contributed by atoms with Crippen LogP contribution in [-0.4, -0.2) is 53.9 Å². The SMILES string of the molecule is CN=C(NCCCNS(C)(=O)=O)NCCOc1c(Cl)cc(Cl)cc1Cl. The molecule has 0 aliphatic heterocycles. The average molecular weight is 432 g/mol. The van der Waals surface area contributed by atoms with E-state index in [-0.39, 0.29) is 0 Å². The summed E-state index contributed by atoms with van der Waals surface area (Å²) < 4.78 is 29.8. The lowest BCUT2D eigenvalue weighted by atomic mass is 10.3. The van der Waals surface area contributed by atoms with Gasteiger partial charge in [0, 0.05) is 25.2 Å². The third-order valence-electron chi connectivity index (χ3n) is 2.84. The van der Waals surface area contributed by atoms with Gasteiger partial charge in [-0.25, -0.2) is 13.1 Å². The fourth-order valence-corrected chi connectivity index (χ4v) is 3.20. The third-order valence-corrected chi connectivity index (χ3v) is 4.35. The molecule has 0 atom stereocenters. The standard InChI is InChI=1S/C14H21Cl3N4O3S/c1-18-14(19-4-3-5-21-25(2,22)23)20-6-7-24-13-11(16)8-10(15)9-12(13)17/h8-9,21H,3-7H2,1-2H3,(H2,18,19,20). The summed E-state index contributed by atoms with van der Waals surface area (Å²) in [4.78, 5) is 4.06. The molecule has 0 aliphatic carbocycles. The Morgan fingerprint density at radius 2 is 1.72 bits per heavy atom. The lowest BCUT2D eigenvalue weighted by molar-refractivity contribution is 0.322. The molecule has 0 saturated heterocycles. The summed E-state index contributed by atoms with van der Waals surface area (Å²) in [6.07, 6.45) is 1.75. The molecule has 1 aromatic carbocycles. The zero-order valence-electron chi connectivity index (χ0n) is 13.9. The molecule has 7 nitrogen and oxygen atoms in total. The number of aliphatic imine (C=N–C) groups is 1. The van der Waals surface area contributed by atoms with Crippen molar-refractivity contribution in [1.82, 2.24) is 15.4 Å². The van der Waals surface area contributed by atoms with Crippen LogP contribution in [0.25, 0.3) is 0 Å². The maximum Gasteiger partial charge on any atom is 0.208 e. The number of guanidine groups is 1. The summed E-state index contributed by atoms with van der Waals surface area (Å²) in [5, 5.41) is 7.26. The quantitative estimate of drug-likeness (QED) is 0.316. The zero-order valence-corrected chi connectivity index (χ0v) is 17.0. The first-order valence-corrected chi connectivity index (χ1v) is 10.4. The molecule has 0 unspecified atom stereocenters. The van der Waals surface area contributed by atoms with Crippen molar-refractivity contribution in [2.24, 2.45) is 4.99 Å². The van der Waals surface area contributed by atoms with E-state index in [2.05, 4.69) is 20.3 Å². The van der Waals surface area contributed by atoms with Crippen LogP contribution in [0.1, 0.15) is 6.42 Å². The molecule has 1 aromatic rings. The van der Waals surface area contributed by atoms with Gasteiger partial charge in [0.2, 0.25) is 10.0 Å². The van der Waals surface area contributed by atoms with E-state index in [1.165, 1.54) is 0 Å². The van der Waals surface area contributed by atoms with E-state index in [1.807, 2.05) is 0 Å². The largest absolute Gasteiger partial charge is 0.489 e. The maximum absolute atomic E-state index is 10.9. The summed E-state index contributed by atoms with van der Waals surface area (Å²) in [6, 6.07) is 3.12. The van der Waals surface area contributed by atoms with Crippen LogP contribution in [0, 0.1) is 0 Å². The van der Waals surface area contributed by atoms with E-state index in [9.17, 15) is 8.42 Å². The molecule has 0 aromatic heterocycles. The number of benzene rings is 1. The number of nitrogens with one attached hydrogen (secondary N) is 3. The number of sulfonamides is 1. The van der Waals surface area contributed by atoms with Crippen molar-refractivity contribution in [3.63, 3.8) is 0 Å². The van der Waals surface area contributed by atoms with Gasteiger partial charge in [-0.05, 0) is 18.6 Å². The van der Waals surface area contributed by atoms with E-state index >= 15 is 0 Å². The van der Waals surface area contributed by atoms with Gasteiger partial charge < -0.3 is 15.4 Å². The Bertz CT molecular complexity index is 676. The van der Waals surface area contributed by atoms with Crippen molar-refractivity contribution in [3.8, 4) is 5.75 Å². The van der Waals surface area contributed by atoms with E-state index in [0.29, 0.717) is 59.4 Å². The van der Waals surface area contributed by atoms with Gasteiger partial charge in [-0.2, -0.15) is 0 Å². The normalized spacial score (nSPS) is 12.1. The van der Waals surface area contributed by atoms with Gasteiger partial charge >= 0.3 is 0 Å². The van der Waals surface area contributed by atoms with Crippen molar-refractivity contribution in [2.75, 3.05) is 39.5 Å². The molecule has 0 spiro atoms. The molecular formula is C14H21Cl3N4O3S. The second-order valence-corrected chi connectivity index (χ2v) is 8.08. The van der Waals surface area contributed by atoms with Crippen LogP contribution in [0.15, 0.2) is 17.1 Å². The minimum Gasteiger partial charge on any atom is -0.489 e. The Morgan fingerprint density at radius 3 is 2.28 bits per heavy atom. The Hall–Kier alpha value is -0.930. The molecular weight excluding hydrogens is 411 g/mol. The van der Waals surface area contributed by atoms with Crippen LogP contribution in [0.4, 0.5) is 0 Å². The molecule has 0 bridgehead atoms. The predicted molar refractivity (Wildman–Crippen MR) is 104 cm³/mol. The summed E-state index contributed by atoms with van der Waals surface area (Å²) in [5.74, 6) is 0.959. The fourth-order valence-electron chi connectivity index (χ4n) is 1.76. The molecule has 0 aliphatic rings.